The molecule has 1 aliphatic rings. The topological polar surface area (TPSA) is 77.0 Å². The molecule has 8 heteroatoms. The molecule has 28 heavy (non-hydrogen) atoms. The predicted octanol–water partition coefficient (Wildman–Crippen LogP) is 2.97. The van der Waals surface area contributed by atoms with Crippen molar-refractivity contribution in [1.82, 2.24) is 10.6 Å². The number of thiophene rings is 1. The number of anilines is 1. The van der Waals surface area contributed by atoms with Crippen molar-refractivity contribution in [1.29, 1.82) is 0 Å². The number of aryl methyl sites for hydroxylation is 1. The number of hydrogen-bond acceptors (Lipinski definition) is 4. The van der Waals surface area contributed by atoms with Gasteiger partial charge in [0.2, 0.25) is 5.91 Å². The number of hydrogen-bond donors (Lipinski definition) is 3. The summed E-state index contributed by atoms with van der Waals surface area (Å²) in [6, 6.07) is 11.6. The average Bonchev–Trinajstić information content (AvgIpc) is 3.15. The smallest absolute Gasteiger partial charge is 0.248 e. The second kappa shape index (κ2) is 9.91. The summed E-state index contributed by atoms with van der Waals surface area (Å²) in [6.45, 7) is 3.66. The molecule has 0 saturated carbocycles. The van der Waals surface area contributed by atoms with Crippen LogP contribution in [0.2, 0.25) is 4.34 Å². The summed E-state index contributed by atoms with van der Waals surface area (Å²) in [6.07, 6.45) is 1.27. The van der Waals surface area contributed by atoms with E-state index in [-0.39, 0.29) is 19.0 Å². The molecule has 1 amide bonds. The lowest BCUT2D eigenvalue weighted by molar-refractivity contribution is -0.117. The number of carbonyl (C=O) groups is 1. The minimum Gasteiger partial charge on any atom is -0.386 e. The Morgan fingerprint density at radius 3 is 2.89 bits per heavy atom. The third-order valence-electron chi connectivity index (χ3n) is 4.51. The van der Waals surface area contributed by atoms with Gasteiger partial charge in [-0.1, -0.05) is 29.8 Å². The molecule has 150 valence electrons. The molecule has 0 bridgehead atoms. The fourth-order valence-electron chi connectivity index (χ4n) is 3.17. The summed E-state index contributed by atoms with van der Waals surface area (Å²) in [7, 11) is 0. The van der Waals surface area contributed by atoms with Crippen molar-refractivity contribution in [2.75, 3.05) is 31.1 Å². The van der Waals surface area contributed by atoms with Crippen molar-refractivity contribution in [3.63, 3.8) is 0 Å². The molecule has 0 fully saturated rings. The monoisotopic (exact) mass is 420 g/mol. The number of carbonyl (C=O) groups excluding carboxylic acids is 1. The van der Waals surface area contributed by atoms with Crippen LogP contribution in [0.25, 0.3) is 0 Å². The molecule has 1 aromatic heterocycles. The largest absolute Gasteiger partial charge is 0.386 e. The van der Waals surface area contributed by atoms with E-state index in [1.54, 1.807) is 12.1 Å². The summed E-state index contributed by atoms with van der Waals surface area (Å²) in [5, 5.41) is 16.5. The molecule has 2 aromatic rings. The number of aliphatic imine (C=N–C) groups is 1. The van der Waals surface area contributed by atoms with Crippen LogP contribution in [0, 0.1) is 0 Å². The van der Waals surface area contributed by atoms with Crippen LogP contribution >= 0.6 is 22.9 Å². The van der Waals surface area contributed by atoms with Crippen LogP contribution in [-0.4, -0.2) is 43.2 Å². The molecule has 1 aliphatic heterocycles. The van der Waals surface area contributed by atoms with Crippen LogP contribution in [-0.2, 0) is 11.2 Å². The Bertz CT molecular complexity index is 839. The lowest BCUT2D eigenvalue weighted by atomic mass is 10.0. The number of guanidine groups is 1. The lowest BCUT2D eigenvalue weighted by Crippen LogP contribution is -2.41. The summed E-state index contributed by atoms with van der Waals surface area (Å²) >= 11 is 7.27. The zero-order valence-electron chi connectivity index (χ0n) is 15.8. The molecule has 1 unspecified atom stereocenters. The molecule has 1 atom stereocenters. The molecule has 0 aliphatic carbocycles. The van der Waals surface area contributed by atoms with Gasteiger partial charge in [0.1, 0.15) is 12.6 Å². The van der Waals surface area contributed by atoms with Gasteiger partial charge in [-0.25, -0.2) is 4.99 Å². The van der Waals surface area contributed by atoms with Gasteiger partial charge in [-0.2, -0.15) is 0 Å². The SMILES string of the molecule is CCNC(=NCC(=O)N1CCCc2ccccc21)NCC(O)c1ccc(Cl)s1. The highest BCUT2D eigenvalue weighted by Crippen LogP contribution is 2.27. The lowest BCUT2D eigenvalue weighted by Gasteiger charge is -2.29. The second-order valence-electron chi connectivity index (χ2n) is 6.51. The van der Waals surface area contributed by atoms with E-state index in [9.17, 15) is 9.90 Å². The Morgan fingerprint density at radius 1 is 1.32 bits per heavy atom. The van der Waals surface area contributed by atoms with Crippen LogP contribution in [0.3, 0.4) is 0 Å². The first-order chi connectivity index (χ1) is 13.6. The first-order valence-corrected chi connectivity index (χ1v) is 10.6. The van der Waals surface area contributed by atoms with E-state index in [2.05, 4.69) is 21.7 Å². The minimum absolute atomic E-state index is 0.0325. The van der Waals surface area contributed by atoms with Gasteiger partial charge < -0.3 is 20.6 Å². The van der Waals surface area contributed by atoms with E-state index < -0.39 is 6.10 Å². The Balaban J connectivity index is 1.60. The molecular weight excluding hydrogens is 396 g/mol. The molecule has 0 spiro atoms. The average molecular weight is 421 g/mol. The summed E-state index contributed by atoms with van der Waals surface area (Å²) < 4.78 is 0.641. The maximum absolute atomic E-state index is 12.7. The zero-order chi connectivity index (χ0) is 19.9. The summed E-state index contributed by atoms with van der Waals surface area (Å²) in [5.74, 6) is 0.470. The number of aliphatic hydroxyl groups excluding tert-OH is 1. The number of fused-ring (bicyclic) bond motifs is 1. The maximum atomic E-state index is 12.7. The first kappa shape index (κ1) is 20.6. The Morgan fingerprint density at radius 2 is 2.14 bits per heavy atom. The quantitative estimate of drug-likeness (QED) is 0.496. The molecule has 0 radical (unpaired) electrons. The standard InChI is InChI=1S/C20H25ClN4O2S/c1-2-22-20(23-12-16(26)17-9-10-18(21)28-17)24-13-19(27)25-11-5-7-14-6-3-4-8-15(14)25/h3-4,6,8-10,16,26H,2,5,7,11-13H2,1H3,(H2,22,23,24). The Kier molecular flexibility index (Phi) is 7.30. The van der Waals surface area contributed by atoms with Crippen molar-refractivity contribution in [3.8, 4) is 0 Å². The Labute approximate surface area is 174 Å². The number of amides is 1. The van der Waals surface area contributed by atoms with Crippen molar-refractivity contribution < 1.29 is 9.90 Å². The van der Waals surface area contributed by atoms with Gasteiger partial charge in [-0.15, -0.1) is 11.3 Å². The van der Waals surface area contributed by atoms with Crippen molar-refractivity contribution in [2.45, 2.75) is 25.9 Å². The number of nitrogens with one attached hydrogen (secondary N) is 2. The van der Waals surface area contributed by atoms with Gasteiger partial charge in [0.15, 0.2) is 5.96 Å². The number of aliphatic hydroxyl groups is 1. The van der Waals surface area contributed by atoms with Crippen molar-refractivity contribution in [3.05, 3.63) is 51.2 Å². The molecule has 6 nitrogen and oxygen atoms in total. The van der Waals surface area contributed by atoms with Crippen molar-refractivity contribution in [2.24, 2.45) is 4.99 Å². The highest BCUT2D eigenvalue weighted by Gasteiger charge is 2.21. The fraction of sp³-hybridized carbons (Fsp3) is 0.400. The molecule has 2 heterocycles. The zero-order valence-corrected chi connectivity index (χ0v) is 17.4. The highest BCUT2D eigenvalue weighted by atomic mass is 35.5. The number of para-hydroxylation sites is 1. The van der Waals surface area contributed by atoms with Crippen molar-refractivity contribution >= 4 is 40.5 Å². The highest BCUT2D eigenvalue weighted by molar-refractivity contribution is 7.16. The van der Waals surface area contributed by atoms with E-state index >= 15 is 0 Å². The molecule has 3 rings (SSSR count). The van der Waals surface area contributed by atoms with Gasteiger partial charge in [-0.05, 0) is 43.5 Å². The molecule has 1 aromatic carbocycles. The van der Waals surface area contributed by atoms with Gasteiger partial charge in [0, 0.05) is 30.2 Å². The number of halogens is 1. The van der Waals surface area contributed by atoms with E-state index in [1.807, 2.05) is 30.0 Å². The van der Waals surface area contributed by atoms with Crippen LogP contribution in [0.5, 0.6) is 0 Å². The third-order valence-corrected chi connectivity index (χ3v) is 5.85. The number of rotatable bonds is 6. The molecule has 0 saturated heterocycles. The third kappa shape index (κ3) is 5.25. The predicted molar refractivity (Wildman–Crippen MR) is 115 cm³/mol. The summed E-state index contributed by atoms with van der Waals surface area (Å²) in [5.41, 5.74) is 2.19. The van der Waals surface area contributed by atoms with Gasteiger partial charge in [0.25, 0.3) is 0 Å². The van der Waals surface area contributed by atoms with E-state index in [4.69, 9.17) is 11.6 Å². The first-order valence-electron chi connectivity index (χ1n) is 9.42. The van der Waals surface area contributed by atoms with Crippen LogP contribution in [0.1, 0.15) is 29.9 Å². The van der Waals surface area contributed by atoms with Crippen LogP contribution < -0.4 is 15.5 Å². The molecular formula is C20H25ClN4O2S. The normalized spacial score (nSPS) is 15.1. The van der Waals surface area contributed by atoms with E-state index in [0.29, 0.717) is 23.4 Å². The maximum Gasteiger partial charge on any atom is 0.248 e. The minimum atomic E-state index is -0.689. The fourth-order valence-corrected chi connectivity index (χ4v) is 4.21. The molecule has 3 N–H and O–H groups in total. The number of benzene rings is 1. The van der Waals surface area contributed by atoms with Crippen LogP contribution in [0.15, 0.2) is 41.4 Å². The summed E-state index contributed by atoms with van der Waals surface area (Å²) in [4.78, 5) is 19.7. The van der Waals surface area contributed by atoms with Gasteiger partial charge in [-0.3, -0.25) is 4.79 Å². The van der Waals surface area contributed by atoms with Gasteiger partial charge >= 0.3 is 0 Å². The number of nitrogens with zero attached hydrogens (tertiary/aromatic N) is 2. The second-order valence-corrected chi connectivity index (χ2v) is 8.26. The van der Waals surface area contributed by atoms with Gasteiger partial charge in [0.05, 0.1) is 4.34 Å². The van der Waals surface area contributed by atoms with E-state index in [0.717, 1.165) is 23.4 Å². The van der Waals surface area contributed by atoms with E-state index in [1.165, 1.54) is 16.9 Å². The Hall–Kier alpha value is -2.09. The van der Waals surface area contributed by atoms with Crippen LogP contribution in [0.4, 0.5) is 5.69 Å².